The van der Waals surface area contributed by atoms with Gasteiger partial charge < -0.3 is 5.32 Å². The Labute approximate surface area is 144 Å². The van der Waals surface area contributed by atoms with Crippen LogP contribution in [0, 0.1) is 13.8 Å². The molecule has 0 saturated heterocycles. The number of hydrogen-bond donors (Lipinski definition) is 1. The molecule has 6 heteroatoms. The number of hydrogen-bond acceptors (Lipinski definition) is 5. The first kappa shape index (κ1) is 14.8. The third kappa shape index (κ3) is 2.65. The van der Waals surface area contributed by atoms with E-state index >= 15 is 0 Å². The first-order valence-electron chi connectivity index (χ1n) is 7.76. The van der Waals surface area contributed by atoms with Gasteiger partial charge in [0.25, 0.3) is 0 Å². The lowest BCUT2D eigenvalue weighted by Gasteiger charge is -2.09. The van der Waals surface area contributed by atoms with Crippen molar-refractivity contribution >= 4 is 22.8 Å². The van der Waals surface area contributed by atoms with Crippen LogP contribution in [0.2, 0.25) is 0 Å². The van der Waals surface area contributed by atoms with Gasteiger partial charge in [-0.1, -0.05) is 12.1 Å². The maximum atomic E-state index is 4.72. The van der Waals surface area contributed by atoms with E-state index in [9.17, 15) is 0 Å². The summed E-state index contributed by atoms with van der Waals surface area (Å²) in [5.74, 6) is 0.937. The van der Waals surface area contributed by atoms with Crippen molar-refractivity contribution in [1.82, 2.24) is 19.6 Å². The van der Waals surface area contributed by atoms with Gasteiger partial charge in [-0.05, 0) is 36.9 Å². The summed E-state index contributed by atoms with van der Waals surface area (Å²) in [5.41, 5.74) is 5.08. The van der Waals surface area contributed by atoms with Crippen molar-refractivity contribution in [1.29, 1.82) is 0 Å². The minimum absolute atomic E-state index is 0.694. The van der Waals surface area contributed by atoms with Crippen LogP contribution >= 0.6 is 11.3 Å². The molecule has 4 rings (SSSR count). The van der Waals surface area contributed by atoms with Crippen LogP contribution in [-0.2, 0) is 6.54 Å². The first-order chi connectivity index (χ1) is 11.7. The quantitative estimate of drug-likeness (QED) is 0.610. The van der Waals surface area contributed by atoms with Gasteiger partial charge in [-0.2, -0.15) is 9.61 Å². The van der Waals surface area contributed by atoms with Crippen LogP contribution in [0.5, 0.6) is 0 Å². The van der Waals surface area contributed by atoms with Gasteiger partial charge in [-0.25, -0.2) is 4.98 Å². The van der Waals surface area contributed by atoms with Crippen molar-refractivity contribution in [3.8, 4) is 10.4 Å². The fraction of sp³-hybridized carbons (Fsp3) is 0.167. The Bertz CT molecular complexity index is 974. The number of pyridine rings is 1. The summed E-state index contributed by atoms with van der Waals surface area (Å²) < 4.78 is 1.90. The molecule has 0 fully saturated rings. The van der Waals surface area contributed by atoms with Crippen LogP contribution in [0.1, 0.15) is 17.0 Å². The SMILES string of the molecule is Cc1cc(NCc2cccnc2)n2nc(C)c(-c3cccs3)c2n1. The Balaban J connectivity index is 1.78. The lowest BCUT2D eigenvalue weighted by Crippen LogP contribution is -2.07. The Morgan fingerprint density at radius 3 is 2.88 bits per heavy atom. The number of thiophene rings is 1. The van der Waals surface area contributed by atoms with Crippen molar-refractivity contribution in [2.45, 2.75) is 20.4 Å². The number of fused-ring (bicyclic) bond motifs is 1. The molecule has 0 unspecified atom stereocenters. The standard InChI is InChI=1S/C18H17N5S/c1-12-9-16(20-11-14-5-3-7-19-10-14)23-18(21-12)17(13(2)22-23)15-6-4-8-24-15/h3-10,20H,11H2,1-2H3. The molecule has 0 aromatic carbocycles. The molecule has 0 aliphatic heterocycles. The largest absolute Gasteiger partial charge is 0.366 e. The molecule has 0 atom stereocenters. The average Bonchev–Trinajstić information content (AvgIpc) is 3.20. The highest BCUT2D eigenvalue weighted by molar-refractivity contribution is 7.13. The number of nitrogens with zero attached hydrogens (tertiary/aromatic N) is 4. The minimum Gasteiger partial charge on any atom is -0.366 e. The Morgan fingerprint density at radius 1 is 1.21 bits per heavy atom. The Morgan fingerprint density at radius 2 is 2.12 bits per heavy atom. The molecule has 0 radical (unpaired) electrons. The highest BCUT2D eigenvalue weighted by Crippen LogP contribution is 2.32. The maximum Gasteiger partial charge on any atom is 0.166 e. The van der Waals surface area contributed by atoms with E-state index in [1.54, 1.807) is 17.5 Å². The van der Waals surface area contributed by atoms with Crippen LogP contribution < -0.4 is 5.32 Å². The lowest BCUT2D eigenvalue weighted by atomic mass is 10.2. The maximum absolute atomic E-state index is 4.72. The van der Waals surface area contributed by atoms with E-state index in [2.05, 4.69) is 33.9 Å². The average molecular weight is 335 g/mol. The summed E-state index contributed by atoms with van der Waals surface area (Å²) >= 11 is 1.71. The van der Waals surface area contributed by atoms with Crippen molar-refractivity contribution in [2.24, 2.45) is 0 Å². The van der Waals surface area contributed by atoms with E-state index in [1.807, 2.05) is 36.7 Å². The van der Waals surface area contributed by atoms with Gasteiger partial charge in [0.05, 0.1) is 11.3 Å². The van der Waals surface area contributed by atoms with Gasteiger partial charge in [0.1, 0.15) is 5.82 Å². The lowest BCUT2D eigenvalue weighted by molar-refractivity contribution is 0.899. The number of anilines is 1. The molecule has 0 bridgehead atoms. The van der Waals surface area contributed by atoms with Gasteiger partial charge in [-0.3, -0.25) is 4.98 Å². The summed E-state index contributed by atoms with van der Waals surface area (Å²) in [6, 6.07) is 10.2. The monoisotopic (exact) mass is 335 g/mol. The summed E-state index contributed by atoms with van der Waals surface area (Å²) in [4.78, 5) is 10.1. The summed E-state index contributed by atoms with van der Waals surface area (Å²) in [6.45, 7) is 4.74. The van der Waals surface area contributed by atoms with Crippen LogP contribution in [-0.4, -0.2) is 19.6 Å². The number of aromatic nitrogens is 4. The third-order valence-electron chi connectivity index (χ3n) is 3.86. The van der Waals surface area contributed by atoms with Crippen molar-refractivity contribution in [3.05, 3.63) is 65.1 Å². The molecule has 4 aromatic rings. The number of aryl methyl sites for hydroxylation is 2. The summed E-state index contributed by atoms with van der Waals surface area (Å²) in [7, 11) is 0. The normalized spacial score (nSPS) is 11.1. The Kier molecular flexibility index (Phi) is 3.74. The zero-order valence-electron chi connectivity index (χ0n) is 13.5. The topological polar surface area (TPSA) is 55.1 Å². The van der Waals surface area contributed by atoms with Gasteiger partial charge in [0.2, 0.25) is 0 Å². The van der Waals surface area contributed by atoms with Crippen molar-refractivity contribution in [2.75, 3.05) is 5.32 Å². The first-order valence-corrected chi connectivity index (χ1v) is 8.64. The molecule has 1 N–H and O–H groups in total. The second kappa shape index (κ2) is 6.05. The van der Waals surface area contributed by atoms with E-state index in [0.717, 1.165) is 34.0 Å². The smallest absolute Gasteiger partial charge is 0.166 e. The zero-order valence-corrected chi connectivity index (χ0v) is 14.3. The predicted octanol–water partition coefficient (Wildman–Crippen LogP) is 4.08. The molecule has 4 aromatic heterocycles. The molecule has 0 saturated carbocycles. The van der Waals surface area contributed by atoms with E-state index in [1.165, 1.54) is 4.88 Å². The molecular formula is C18H17N5S. The van der Waals surface area contributed by atoms with E-state index in [-0.39, 0.29) is 0 Å². The van der Waals surface area contributed by atoms with Crippen molar-refractivity contribution < 1.29 is 0 Å². The van der Waals surface area contributed by atoms with Gasteiger partial charge in [0.15, 0.2) is 5.65 Å². The molecule has 0 aliphatic rings. The molecule has 5 nitrogen and oxygen atoms in total. The second-order valence-corrected chi connectivity index (χ2v) is 6.62. The molecule has 0 aliphatic carbocycles. The van der Waals surface area contributed by atoms with Gasteiger partial charge >= 0.3 is 0 Å². The van der Waals surface area contributed by atoms with Gasteiger partial charge in [-0.15, -0.1) is 11.3 Å². The fourth-order valence-electron chi connectivity index (χ4n) is 2.78. The minimum atomic E-state index is 0.694. The molecule has 0 amide bonds. The summed E-state index contributed by atoms with van der Waals surface area (Å²) in [5, 5.41) is 10.2. The third-order valence-corrected chi connectivity index (χ3v) is 4.74. The highest BCUT2D eigenvalue weighted by atomic mass is 32.1. The van der Waals surface area contributed by atoms with E-state index < -0.39 is 0 Å². The second-order valence-electron chi connectivity index (χ2n) is 5.67. The molecule has 0 spiro atoms. The van der Waals surface area contributed by atoms with Crippen molar-refractivity contribution in [3.63, 3.8) is 0 Å². The van der Waals surface area contributed by atoms with Crippen LogP contribution in [0.4, 0.5) is 5.82 Å². The van der Waals surface area contributed by atoms with Gasteiger partial charge in [0, 0.05) is 35.6 Å². The molecular weight excluding hydrogens is 318 g/mol. The fourth-order valence-corrected chi connectivity index (χ4v) is 3.59. The van der Waals surface area contributed by atoms with Crippen LogP contribution in [0.15, 0.2) is 48.1 Å². The highest BCUT2D eigenvalue weighted by Gasteiger charge is 2.16. The summed E-state index contributed by atoms with van der Waals surface area (Å²) in [6.07, 6.45) is 3.64. The van der Waals surface area contributed by atoms with E-state index in [0.29, 0.717) is 6.54 Å². The Hall–Kier alpha value is -2.73. The molecule has 120 valence electrons. The zero-order chi connectivity index (χ0) is 16.5. The molecule has 4 heterocycles. The van der Waals surface area contributed by atoms with Crippen LogP contribution in [0.3, 0.4) is 0 Å². The molecule has 24 heavy (non-hydrogen) atoms. The number of rotatable bonds is 4. The predicted molar refractivity (Wildman–Crippen MR) is 97.3 cm³/mol. The van der Waals surface area contributed by atoms with E-state index in [4.69, 9.17) is 10.1 Å². The number of nitrogens with one attached hydrogen (secondary N) is 1. The van der Waals surface area contributed by atoms with Crippen LogP contribution in [0.25, 0.3) is 16.1 Å².